The molecule has 1 aromatic carbocycles. The van der Waals surface area contributed by atoms with Gasteiger partial charge in [-0.05, 0) is 37.8 Å². The minimum absolute atomic E-state index is 0.0756. The first-order valence-corrected chi connectivity index (χ1v) is 8.42. The number of hydrogen-bond acceptors (Lipinski definition) is 5. The first-order valence-electron chi connectivity index (χ1n) is 7.20. The van der Waals surface area contributed by atoms with Crippen LogP contribution in [0.1, 0.15) is 37.0 Å². The molecule has 6 heteroatoms. The topological polar surface area (TPSA) is 64.6 Å². The first kappa shape index (κ1) is 18.4. The Hall–Kier alpha value is -1.69. The lowest BCUT2D eigenvalue weighted by Crippen LogP contribution is -2.35. The molecule has 0 bridgehead atoms. The van der Waals surface area contributed by atoms with E-state index < -0.39 is 5.97 Å². The standard InChI is InChI=1S/C16H23NO4S/c1-5-6-11(2)17-15(18)10-21-16(19)13-8-7-12(22-4)9-14(13)20-3/h7-9,11H,5-6,10H2,1-4H3,(H,17,18). The largest absolute Gasteiger partial charge is 0.496 e. The second-order valence-corrected chi connectivity index (χ2v) is 5.78. The van der Waals surface area contributed by atoms with Gasteiger partial charge in [-0.1, -0.05) is 13.3 Å². The highest BCUT2D eigenvalue weighted by Gasteiger charge is 2.16. The van der Waals surface area contributed by atoms with Crippen molar-refractivity contribution in [3.63, 3.8) is 0 Å². The van der Waals surface area contributed by atoms with Crippen molar-refractivity contribution in [2.45, 2.75) is 37.6 Å². The van der Waals surface area contributed by atoms with Crippen LogP contribution in [0.3, 0.4) is 0 Å². The third-order valence-electron chi connectivity index (χ3n) is 3.09. The first-order chi connectivity index (χ1) is 10.5. The molecular formula is C16H23NO4S. The number of rotatable bonds is 8. The molecule has 0 aromatic heterocycles. The van der Waals surface area contributed by atoms with Crippen LogP contribution in [0.2, 0.25) is 0 Å². The van der Waals surface area contributed by atoms with Crippen molar-refractivity contribution in [3.8, 4) is 5.75 Å². The minimum Gasteiger partial charge on any atom is -0.496 e. The number of amides is 1. The Kier molecular flexibility index (Phi) is 7.80. The van der Waals surface area contributed by atoms with Crippen LogP contribution in [-0.2, 0) is 9.53 Å². The molecule has 0 radical (unpaired) electrons. The highest BCUT2D eigenvalue weighted by molar-refractivity contribution is 7.98. The van der Waals surface area contributed by atoms with Crippen molar-refractivity contribution >= 4 is 23.6 Å². The van der Waals surface area contributed by atoms with Gasteiger partial charge in [0.15, 0.2) is 6.61 Å². The van der Waals surface area contributed by atoms with Gasteiger partial charge in [-0.15, -0.1) is 11.8 Å². The van der Waals surface area contributed by atoms with E-state index in [1.165, 1.54) is 7.11 Å². The van der Waals surface area contributed by atoms with E-state index in [4.69, 9.17) is 9.47 Å². The molecule has 0 aliphatic rings. The molecule has 1 N–H and O–H groups in total. The second-order valence-electron chi connectivity index (χ2n) is 4.90. The lowest BCUT2D eigenvalue weighted by Gasteiger charge is -2.13. The third-order valence-corrected chi connectivity index (χ3v) is 3.82. The van der Waals surface area contributed by atoms with Crippen molar-refractivity contribution < 1.29 is 19.1 Å². The molecule has 0 saturated heterocycles. The SMILES string of the molecule is CCCC(C)NC(=O)COC(=O)c1ccc(SC)cc1OC. The molecule has 1 aromatic rings. The van der Waals surface area contributed by atoms with Crippen LogP contribution in [0, 0.1) is 0 Å². The summed E-state index contributed by atoms with van der Waals surface area (Å²) in [6.07, 6.45) is 3.82. The number of carbonyl (C=O) groups is 2. The molecule has 0 spiro atoms. The van der Waals surface area contributed by atoms with Gasteiger partial charge >= 0.3 is 5.97 Å². The van der Waals surface area contributed by atoms with Gasteiger partial charge in [0.1, 0.15) is 11.3 Å². The van der Waals surface area contributed by atoms with Crippen LogP contribution in [-0.4, -0.2) is 37.9 Å². The summed E-state index contributed by atoms with van der Waals surface area (Å²) < 4.78 is 10.2. The van der Waals surface area contributed by atoms with Crippen LogP contribution in [0.25, 0.3) is 0 Å². The fraction of sp³-hybridized carbons (Fsp3) is 0.500. The minimum atomic E-state index is -0.567. The molecule has 0 fully saturated rings. The highest BCUT2D eigenvalue weighted by Crippen LogP contribution is 2.25. The normalized spacial score (nSPS) is 11.6. The average Bonchev–Trinajstić information content (AvgIpc) is 2.52. The van der Waals surface area contributed by atoms with Crippen molar-refractivity contribution in [1.82, 2.24) is 5.32 Å². The smallest absolute Gasteiger partial charge is 0.342 e. The third kappa shape index (κ3) is 5.60. The molecule has 0 aliphatic heterocycles. The number of benzene rings is 1. The zero-order valence-corrected chi connectivity index (χ0v) is 14.3. The van der Waals surface area contributed by atoms with E-state index in [1.807, 2.05) is 26.2 Å². The number of ether oxygens (including phenoxy) is 2. The van der Waals surface area contributed by atoms with Crippen molar-refractivity contribution in [3.05, 3.63) is 23.8 Å². The van der Waals surface area contributed by atoms with Crippen molar-refractivity contribution in [2.75, 3.05) is 20.0 Å². The number of methoxy groups -OCH3 is 1. The predicted molar refractivity (Wildman–Crippen MR) is 87.6 cm³/mol. The van der Waals surface area contributed by atoms with Gasteiger partial charge in [0.2, 0.25) is 0 Å². The number of esters is 1. The molecule has 5 nitrogen and oxygen atoms in total. The average molecular weight is 325 g/mol. The molecule has 1 amide bonds. The maximum Gasteiger partial charge on any atom is 0.342 e. The molecule has 0 saturated carbocycles. The van der Waals surface area contributed by atoms with Gasteiger partial charge in [0.25, 0.3) is 5.91 Å². The Balaban J connectivity index is 2.60. The second kappa shape index (κ2) is 9.35. The van der Waals surface area contributed by atoms with Crippen molar-refractivity contribution in [1.29, 1.82) is 0 Å². The Labute approximate surface area is 135 Å². The van der Waals surface area contributed by atoms with Crippen LogP contribution in [0.15, 0.2) is 23.1 Å². The van der Waals surface area contributed by atoms with Crippen LogP contribution in [0.4, 0.5) is 0 Å². The van der Waals surface area contributed by atoms with E-state index in [-0.39, 0.29) is 18.6 Å². The van der Waals surface area contributed by atoms with Gasteiger partial charge in [-0.2, -0.15) is 0 Å². The summed E-state index contributed by atoms with van der Waals surface area (Å²) >= 11 is 1.55. The fourth-order valence-electron chi connectivity index (χ4n) is 2.00. The van der Waals surface area contributed by atoms with Gasteiger partial charge in [0.05, 0.1) is 7.11 Å². The molecular weight excluding hydrogens is 302 g/mol. The summed E-state index contributed by atoms with van der Waals surface area (Å²) in [5, 5.41) is 2.78. The Morgan fingerprint density at radius 2 is 2.09 bits per heavy atom. The molecule has 1 unspecified atom stereocenters. The van der Waals surface area contributed by atoms with Gasteiger partial charge in [-0.25, -0.2) is 4.79 Å². The van der Waals surface area contributed by atoms with E-state index in [2.05, 4.69) is 5.32 Å². The summed E-state index contributed by atoms with van der Waals surface area (Å²) in [7, 11) is 1.50. The number of carbonyl (C=O) groups excluding carboxylic acids is 2. The Morgan fingerprint density at radius 3 is 2.68 bits per heavy atom. The summed E-state index contributed by atoms with van der Waals surface area (Å²) in [6.45, 7) is 3.68. The van der Waals surface area contributed by atoms with Gasteiger partial charge in [0, 0.05) is 10.9 Å². The van der Waals surface area contributed by atoms with Gasteiger partial charge < -0.3 is 14.8 Å². The van der Waals surface area contributed by atoms with E-state index in [1.54, 1.807) is 23.9 Å². The number of nitrogens with one attached hydrogen (secondary N) is 1. The van der Waals surface area contributed by atoms with Crippen LogP contribution < -0.4 is 10.1 Å². The van der Waals surface area contributed by atoms with Gasteiger partial charge in [-0.3, -0.25) is 4.79 Å². The van der Waals surface area contributed by atoms with Crippen LogP contribution in [0.5, 0.6) is 5.75 Å². The zero-order chi connectivity index (χ0) is 16.5. The maximum absolute atomic E-state index is 12.1. The molecule has 1 atom stereocenters. The zero-order valence-electron chi connectivity index (χ0n) is 13.5. The van der Waals surface area contributed by atoms with Crippen LogP contribution >= 0.6 is 11.8 Å². The maximum atomic E-state index is 12.1. The summed E-state index contributed by atoms with van der Waals surface area (Å²) in [5.41, 5.74) is 0.315. The quantitative estimate of drug-likeness (QED) is 0.588. The molecule has 0 heterocycles. The van der Waals surface area contributed by atoms with E-state index in [0.29, 0.717) is 11.3 Å². The predicted octanol–water partition coefficient (Wildman–Crippen LogP) is 2.88. The van der Waals surface area contributed by atoms with E-state index >= 15 is 0 Å². The molecule has 1 rings (SSSR count). The number of thioether (sulfide) groups is 1. The van der Waals surface area contributed by atoms with E-state index in [0.717, 1.165) is 17.7 Å². The monoisotopic (exact) mass is 325 g/mol. The number of hydrogen-bond donors (Lipinski definition) is 1. The van der Waals surface area contributed by atoms with E-state index in [9.17, 15) is 9.59 Å². The summed E-state index contributed by atoms with van der Waals surface area (Å²) in [4.78, 5) is 24.7. The van der Waals surface area contributed by atoms with Crippen molar-refractivity contribution in [2.24, 2.45) is 0 Å². The summed E-state index contributed by atoms with van der Waals surface area (Å²) in [6, 6.07) is 5.30. The highest BCUT2D eigenvalue weighted by atomic mass is 32.2. The fourth-order valence-corrected chi connectivity index (χ4v) is 2.43. The molecule has 22 heavy (non-hydrogen) atoms. The molecule has 122 valence electrons. The lowest BCUT2D eigenvalue weighted by atomic mass is 10.2. The molecule has 0 aliphatic carbocycles. The summed E-state index contributed by atoms with van der Waals surface area (Å²) in [5.74, 6) is -0.423. The lowest BCUT2D eigenvalue weighted by molar-refractivity contribution is -0.124. The Morgan fingerprint density at radius 1 is 1.36 bits per heavy atom. The Bertz CT molecular complexity index is 519.